The van der Waals surface area contributed by atoms with E-state index in [9.17, 15) is 0 Å². The molecule has 4 fully saturated rings. The van der Waals surface area contributed by atoms with Crippen molar-refractivity contribution in [2.45, 2.75) is 84.9 Å². The van der Waals surface area contributed by atoms with E-state index in [2.05, 4.69) is 42.5 Å². The summed E-state index contributed by atoms with van der Waals surface area (Å²) in [6.07, 6.45) is 10.6. The SMILES string of the molecule is B[C@@]12C[C@@]3(C)CCC(C)(C)[C@H]3[C@@H]1CCC21[C@H](C)CC[C@@H]1C. The van der Waals surface area contributed by atoms with E-state index in [4.69, 9.17) is 0 Å². The van der Waals surface area contributed by atoms with Crippen molar-refractivity contribution in [3.63, 3.8) is 0 Å². The molecule has 1 spiro atoms. The van der Waals surface area contributed by atoms with Gasteiger partial charge in [0.1, 0.15) is 7.85 Å². The van der Waals surface area contributed by atoms with E-state index >= 15 is 0 Å². The number of hydrogen-bond donors (Lipinski definition) is 0. The Balaban J connectivity index is 1.81. The lowest BCUT2D eigenvalue weighted by Gasteiger charge is -2.50. The average Bonchev–Trinajstić information content (AvgIpc) is 2.97. The van der Waals surface area contributed by atoms with Crippen LogP contribution in [-0.2, 0) is 0 Å². The minimum Gasteiger partial charge on any atom is -0.0620 e. The van der Waals surface area contributed by atoms with E-state index in [-0.39, 0.29) is 0 Å². The van der Waals surface area contributed by atoms with E-state index in [1.165, 1.54) is 38.5 Å². The van der Waals surface area contributed by atoms with E-state index < -0.39 is 0 Å². The van der Waals surface area contributed by atoms with Gasteiger partial charge in [-0.1, -0.05) is 34.6 Å². The highest BCUT2D eigenvalue weighted by Crippen LogP contribution is 2.83. The lowest BCUT2D eigenvalue weighted by molar-refractivity contribution is 0.0854. The van der Waals surface area contributed by atoms with Gasteiger partial charge in [-0.2, -0.15) is 0 Å². The summed E-state index contributed by atoms with van der Waals surface area (Å²) < 4.78 is 0. The smallest absolute Gasteiger partial charge is 0.0620 e. The van der Waals surface area contributed by atoms with Gasteiger partial charge in [0.2, 0.25) is 0 Å². The maximum absolute atomic E-state index is 2.74. The van der Waals surface area contributed by atoms with E-state index in [0.29, 0.717) is 21.6 Å². The second-order valence-corrected chi connectivity index (χ2v) is 10.8. The molecule has 0 saturated heterocycles. The molecule has 4 saturated carbocycles. The summed E-state index contributed by atoms with van der Waals surface area (Å²) in [5.74, 6) is 3.94. The standard InChI is InChI=1S/C20H35B/c1-13-6-7-14(2)19(13)9-8-15-16-17(3,4)10-11-18(16,5)12-20(15,19)21/h13-16H,6-12,21H2,1-5H3/t13-,14+,15-,16+,18+,19?,20-/m0/s1. The summed E-state index contributed by atoms with van der Waals surface area (Å²) in [4.78, 5) is 0. The summed E-state index contributed by atoms with van der Waals surface area (Å²) in [5, 5.41) is 0.638. The van der Waals surface area contributed by atoms with Crippen LogP contribution in [0.15, 0.2) is 0 Å². The van der Waals surface area contributed by atoms with Gasteiger partial charge in [0.25, 0.3) is 0 Å². The zero-order chi connectivity index (χ0) is 15.3. The maximum atomic E-state index is 2.74. The molecule has 0 aromatic heterocycles. The third-order valence-corrected chi connectivity index (χ3v) is 9.65. The molecule has 1 unspecified atom stereocenters. The quantitative estimate of drug-likeness (QED) is 0.544. The van der Waals surface area contributed by atoms with Crippen molar-refractivity contribution in [2.24, 2.45) is 39.9 Å². The molecule has 21 heavy (non-hydrogen) atoms. The number of rotatable bonds is 0. The van der Waals surface area contributed by atoms with Crippen LogP contribution >= 0.6 is 0 Å². The van der Waals surface area contributed by atoms with Crippen LogP contribution < -0.4 is 0 Å². The van der Waals surface area contributed by atoms with E-state index in [1.807, 2.05) is 0 Å². The Hall–Kier alpha value is 0.0649. The fraction of sp³-hybridized carbons (Fsp3) is 1.00. The molecule has 1 heteroatoms. The number of hydrogen-bond acceptors (Lipinski definition) is 0. The molecule has 0 radical (unpaired) electrons. The van der Waals surface area contributed by atoms with Gasteiger partial charge in [0, 0.05) is 0 Å². The van der Waals surface area contributed by atoms with Gasteiger partial charge >= 0.3 is 0 Å². The predicted octanol–water partition coefficient (Wildman–Crippen LogP) is 5.09. The molecule has 4 rings (SSSR count). The normalized spacial score (nSPS) is 61.4. The van der Waals surface area contributed by atoms with Gasteiger partial charge in [-0.15, -0.1) is 0 Å². The summed E-state index contributed by atoms with van der Waals surface area (Å²) in [6.45, 7) is 13.0. The van der Waals surface area contributed by atoms with Crippen LogP contribution in [0, 0.1) is 39.9 Å². The zero-order valence-electron chi connectivity index (χ0n) is 15.3. The first-order chi connectivity index (χ1) is 9.67. The molecule has 7 atom stereocenters. The molecule has 0 bridgehead atoms. The topological polar surface area (TPSA) is 0 Å². The van der Waals surface area contributed by atoms with Crippen molar-refractivity contribution >= 4 is 7.85 Å². The molecule has 0 nitrogen and oxygen atoms in total. The van der Waals surface area contributed by atoms with Crippen LogP contribution in [0.4, 0.5) is 0 Å². The Morgan fingerprint density at radius 1 is 0.857 bits per heavy atom. The van der Waals surface area contributed by atoms with Crippen molar-refractivity contribution < 1.29 is 0 Å². The first kappa shape index (κ1) is 14.6. The largest absolute Gasteiger partial charge is 0.110 e. The first-order valence-electron chi connectivity index (χ1n) is 9.67. The summed E-state index contributed by atoms with van der Waals surface area (Å²) in [5.41, 5.74) is 1.92. The second-order valence-electron chi connectivity index (χ2n) is 10.8. The molecule has 0 heterocycles. The lowest BCUT2D eigenvalue weighted by atomic mass is 9.45. The van der Waals surface area contributed by atoms with Crippen LogP contribution in [-0.4, -0.2) is 7.85 Å². The molecular formula is C20H35B. The van der Waals surface area contributed by atoms with Crippen LogP contribution in [0.25, 0.3) is 0 Å². The molecule has 4 aliphatic rings. The zero-order valence-corrected chi connectivity index (χ0v) is 15.3. The molecule has 118 valence electrons. The van der Waals surface area contributed by atoms with Crippen LogP contribution in [0.3, 0.4) is 0 Å². The molecular weight excluding hydrogens is 251 g/mol. The van der Waals surface area contributed by atoms with Crippen molar-refractivity contribution in [2.75, 3.05) is 0 Å². The Labute approximate surface area is 133 Å². The highest BCUT2D eigenvalue weighted by atomic mass is 14.8. The van der Waals surface area contributed by atoms with E-state index in [0.717, 1.165) is 23.7 Å². The summed E-state index contributed by atoms with van der Waals surface area (Å²) >= 11 is 0. The van der Waals surface area contributed by atoms with E-state index in [1.54, 1.807) is 6.42 Å². The molecule has 0 aromatic carbocycles. The summed E-state index contributed by atoms with van der Waals surface area (Å²) in [6, 6.07) is 0. The molecule has 0 aliphatic heterocycles. The molecule has 0 amide bonds. The Morgan fingerprint density at radius 2 is 1.48 bits per heavy atom. The monoisotopic (exact) mass is 286 g/mol. The molecule has 0 N–H and O–H groups in total. The Morgan fingerprint density at radius 3 is 2.10 bits per heavy atom. The second kappa shape index (κ2) is 3.93. The Kier molecular flexibility index (Phi) is 2.74. The van der Waals surface area contributed by atoms with Gasteiger partial charge in [-0.05, 0) is 90.2 Å². The van der Waals surface area contributed by atoms with Crippen LogP contribution in [0.5, 0.6) is 0 Å². The molecule has 4 aliphatic carbocycles. The third-order valence-electron chi connectivity index (χ3n) is 9.65. The van der Waals surface area contributed by atoms with Crippen LogP contribution in [0.2, 0.25) is 5.31 Å². The first-order valence-corrected chi connectivity index (χ1v) is 9.67. The predicted molar refractivity (Wildman–Crippen MR) is 93.2 cm³/mol. The van der Waals surface area contributed by atoms with Crippen molar-refractivity contribution in [3.8, 4) is 0 Å². The molecule has 0 aromatic rings. The van der Waals surface area contributed by atoms with Crippen molar-refractivity contribution in [1.82, 2.24) is 0 Å². The fourth-order valence-electron chi connectivity index (χ4n) is 9.22. The Bertz CT molecular complexity index is 456. The minimum atomic E-state index is 0.591. The third kappa shape index (κ3) is 1.46. The number of fused-ring (bicyclic) bond motifs is 4. The maximum Gasteiger partial charge on any atom is 0.110 e. The highest BCUT2D eigenvalue weighted by molar-refractivity contribution is 6.17. The minimum absolute atomic E-state index is 0.591. The highest BCUT2D eigenvalue weighted by Gasteiger charge is 2.73. The lowest BCUT2D eigenvalue weighted by Crippen LogP contribution is -2.41. The van der Waals surface area contributed by atoms with Gasteiger partial charge in [0.05, 0.1) is 0 Å². The summed E-state index contributed by atoms with van der Waals surface area (Å²) in [7, 11) is 2.74. The van der Waals surface area contributed by atoms with Crippen molar-refractivity contribution in [3.05, 3.63) is 0 Å². The fourth-order valence-corrected chi connectivity index (χ4v) is 9.22. The van der Waals surface area contributed by atoms with Gasteiger partial charge in [-0.25, -0.2) is 0 Å². The average molecular weight is 286 g/mol. The van der Waals surface area contributed by atoms with Gasteiger partial charge < -0.3 is 0 Å². The van der Waals surface area contributed by atoms with Crippen LogP contribution in [0.1, 0.15) is 79.6 Å². The van der Waals surface area contributed by atoms with Gasteiger partial charge in [0.15, 0.2) is 0 Å². The van der Waals surface area contributed by atoms with Crippen molar-refractivity contribution in [1.29, 1.82) is 0 Å². The van der Waals surface area contributed by atoms with Gasteiger partial charge in [-0.3, -0.25) is 0 Å².